The summed E-state index contributed by atoms with van der Waals surface area (Å²) in [6.07, 6.45) is 26.3. The first-order chi connectivity index (χ1) is 9.43. The Balaban J connectivity index is 2.07. The van der Waals surface area contributed by atoms with Crippen LogP contribution in [-0.4, -0.2) is 0 Å². The highest BCUT2D eigenvalue weighted by Gasteiger charge is 2.07. The molecule has 0 spiro atoms. The molecule has 0 saturated heterocycles. The van der Waals surface area contributed by atoms with Gasteiger partial charge in [-0.1, -0.05) is 79.0 Å². The van der Waals surface area contributed by atoms with Gasteiger partial charge in [0.05, 0.1) is 0 Å². The van der Waals surface area contributed by atoms with Crippen molar-refractivity contribution in [2.75, 3.05) is 0 Å². The van der Waals surface area contributed by atoms with E-state index in [-0.39, 0.29) is 0 Å². The summed E-state index contributed by atoms with van der Waals surface area (Å²) >= 11 is 0. The Labute approximate surface area is 114 Å². The van der Waals surface area contributed by atoms with E-state index in [9.17, 15) is 0 Å². The van der Waals surface area contributed by atoms with Crippen LogP contribution in [0.15, 0.2) is 66.8 Å². The average Bonchev–Trinajstić information content (AvgIpc) is 2.85. The third kappa shape index (κ3) is 2.74. The van der Waals surface area contributed by atoms with Crippen LogP contribution in [0.5, 0.6) is 0 Å². The molecular formula is C19H16. The summed E-state index contributed by atoms with van der Waals surface area (Å²) in [6.45, 7) is 0. The van der Waals surface area contributed by atoms with Crippen LogP contribution in [0.2, 0.25) is 0 Å². The minimum atomic E-state index is 1.05. The van der Waals surface area contributed by atoms with Crippen molar-refractivity contribution in [3.8, 4) is 0 Å². The fourth-order valence-corrected chi connectivity index (χ4v) is 2.33. The number of hydrogen-bond acceptors (Lipinski definition) is 0. The molecule has 0 aliphatic heterocycles. The molecule has 92 valence electrons. The van der Waals surface area contributed by atoms with E-state index in [1.807, 2.05) is 24.3 Å². The molecule has 0 atom stereocenters. The normalized spacial score (nSPS) is 22.7. The van der Waals surface area contributed by atoms with Crippen molar-refractivity contribution in [2.45, 2.75) is 6.42 Å². The van der Waals surface area contributed by atoms with Gasteiger partial charge in [-0.15, -0.1) is 0 Å². The van der Waals surface area contributed by atoms with Crippen molar-refractivity contribution in [1.82, 2.24) is 0 Å². The van der Waals surface area contributed by atoms with Gasteiger partial charge < -0.3 is 0 Å². The Bertz CT molecular complexity index is 647. The predicted octanol–water partition coefficient (Wildman–Crippen LogP) is 4.96. The van der Waals surface area contributed by atoms with Gasteiger partial charge in [-0.25, -0.2) is 0 Å². The number of benzene rings is 1. The number of hydrogen-bond donors (Lipinski definition) is 0. The van der Waals surface area contributed by atoms with Gasteiger partial charge in [0.15, 0.2) is 0 Å². The van der Waals surface area contributed by atoms with Crippen LogP contribution in [0.3, 0.4) is 0 Å². The maximum absolute atomic E-state index is 2.30. The van der Waals surface area contributed by atoms with Crippen LogP contribution in [0.4, 0.5) is 0 Å². The lowest BCUT2D eigenvalue weighted by atomic mass is 9.98. The van der Waals surface area contributed by atoms with E-state index in [1.54, 1.807) is 0 Å². The number of fused-ring (bicyclic) bond motifs is 2. The molecule has 0 N–H and O–H groups in total. The Hall–Kier alpha value is -2.34. The van der Waals surface area contributed by atoms with E-state index in [4.69, 9.17) is 0 Å². The van der Waals surface area contributed by atoms with Crippen LogP contribution in [0, 0.1) is 0 Å². The highest BCUT2D eigenvalue weighted by molar-refractivity contribution is 5.73. The van der Waals surface area contributed by atoms with E-state index < -0.39 is 0 Å². The van der Waals surface area contributed by atoms with Gasteiger partial charge in [-0.3, -0.25) is 0 Å². The van der Waals surface area contributed by atoms with Crippen LogP contribution in [0.25, 0.3) is 18.2 Å². The van der Waals surface area contributed by atoms with Gasteiger partial charge in [-0.05, 0) is 34.7 Å². The van der Waals surface area contributed by atoms with Gasteiger partial charge in [0, 0.05) is 0 Å². The van der Waals surface area contributed by atoms with E-state index in [0.717, 1.165) is 6.42 Å². The van der Waals surface area contributed by atoms with Crippen LogP contribution < -0.4 is 0 Å². The van der Waals surface area contributed by atoms with Crippen LogP contribution in [-0.2, 0) is 6.42 Å². The molecule has 0 amide bonds. The fourth-order valence-electron chi connectivity index (χ4n) is 2.33. The van der Waals surface area contributed by atoms with Crippen molar-refractivity contribution in [3.05, 3.63) is 89.1 Å². The SMILES string of the molecule is C1=Cc2cc3c(cc2/C=C/C=C\C=C\C=C/1)C=CC3. The highest BCUT2D eigenvalue weighted by atomic mass is 14.1. The molecule has 0 radical (unpaired) electrons. The zero-order chi connectivity index (χ0) is 12.9. The molecule has 0 aromatic heterocycles. The summed E-state index contributed by atoms with van der Waals surface area (Å²) in [5.74, 6) is 0. The van der Waals surface area contributed by atoms with Gasteiger partial charge in [0.2, 0.25) is 0 Å². The van der Waals surface area contributed by atoms with E-state index >= 15 is 0 Å². The van der Waals surface area contributed by atoms with Crippen LogP contribution in [0.1, 0.15) is 22.3 Å². The maximum Gasteiger partial charge on any atom is -0.00880 e. The molecule has 2 aliphatic carbocycles. The lowest BCUT2D eigenvalue weighted by Gasteiger charge is -2.06. The quantitative estimate of drug-likeness (QED) is 0.604. The van der Waals surface area contributed by atoms with Gasteiger partial charge >= 0.3 is 0 Å². The van der Waals surface area contributed by atoms with Gasteiger partial charge in [0.25, 0.3) is 0 Å². The van der Waals surface area contributed by atoms with E-state index in [1.165, 1.54) is 22.3 Å². The lowest BCUT2D eigenvalue weighted by Crippen LogP contribution is -1.88. The second-order valence-electron chi connectivity index (χ2n) is 4.66. The molecule has 1 aromatic carbocycles. The molecule has 0 fully saturated rings. The van der Waals surface area contributed by atoms with E-state index in [2.05, 4.69) is 60.7 Å². The molecule has 0 unspecified atom stereocenters. The second-order valence-corrected chi connectivity index (χ2v) is 4.66. The van der Waals surface area contributed by atoms with Crippen LogP contribution >= 0.6 is 0 Å². The van der Waals surface area contributed by atoms with Gasteiger partial charge in [0.1, 0.15) is 0 Å². The topological polar surface area (TPSA) is 0 Å². The molecule has 0 heterocycles. The molecular weight excluding hydrogens is 228 g/mol. The van der Waals surface area contributed by atoms with E-state index in [0.29, 0.717) is 0 Å². The van der Waals surface area contributed by atoms with Crippen molar-refractivity contribution in [2.24, 2.45) is 0 Å². The first kappa shape index (κ1) is 11.7. The molecule has 1 aromatic rings. The highest BCUT2D eigenvalue weighted by Crippen LogP contribution is 2.25. The maximum atomic E-state index is 2.30. The van der Waals surface area contributed by atoms with Crippen molar-refractivity contribution >= 4 is 18.2 Å². The molecule has 0 heteroatoms. The first-order valence-corrected chi connectivity index (χ1v) is 6.62. The minimum Gasteiger partial charge on any atom is -0.0795 e. The summed E-state index contributed by atoms with van der Waals surface area (Å²) in [5, 5.41) is 0. The zero-order valence-corrected chi connectivity index (χ0v) is 10.8. The van der Waals surface area contributed by atoms with Gasteiger partial charge in [-0.2, -0.15) is 0 Å². The summed E-state index contributed by atoms with van der Waals surface area (Å²) < 4.78 is 0. The van der Waals surface area contributed by atoms with Crippen molar-refractivity contribution in [1.29, 1.82) is 0 Å². The standard InChI is InChI=1S/C19H16/c1-2-4-6-8-11-17-15-19-13-9-12-18(19)14-16(17)10-7-5-3-1/h1-12,14-15H,13H2/b2-1+,3-1?,4-2?,5-3-,6-4-,7-5?,8-6?,10-7+,11-8?,16-10?,17-11?. The minimum absolute atomic E-state index is 1.05. The molecule has 0 bridgehead atoms. The summed E-state index contributed by atoms with van der Waals surface area (Å²) in [7, 11) is 0. The van der Waals surface area contributed by atoms with Crippen molar-refractivity contribution < 1.29 is 0 Å². The molecule has 3 rings (SSSR count). The predicted molar refractivity (Wildman–Crippen MR) is 84.7 cm³/mol. The number of allylic oxidation sites excluding steroid dienone is 9. The Morgan fingerprint density at radius 2 is 1.11 bits per heavy atom. The summed E-state index contributed by atoms with van der Waals surface area (Å²) in [5.41, 5.74) is 5.32. The Morgan fingerprint density at radius 1 is 0.526 bits per heavy atom. The molecule has 19 heavy (non-hydrogen) atoms. The smallest absolute Gasteiger partial charge is 0.00880 e. The molecule has 2 aliphatic rings. The Kier molecular flexibility index (Phi) is 3.42. The molecule has 0 saturated carbocycles. The summed E-state index contributed by atoms with van der Waals surface area (Å²) in [6, 6.07) is 4.57. The largest absolute Gasteiger partial charge is 0.0795 e. The lowest BCUT2D eigenvalue weighted by molar-refractivity contribution is 1.30. The average molecular weight is 244 g/mol. The first-order valence-electron chi connectivity index (χ1n) is 6.62. The summed E-state index contributed by atoms with van der Waals surface area (Å²) in [4.78, 5) is 0. The van der Waals surface area contributed by atoms with Crippen molar-refractivity contribution in [3.63, 3.8) is 0 Å². The molecule has 0 nitrogen and oxygen atoms in total. The zero-order valence-electron chi connectivity index (χ0n) is 10.8. The monoisotopic (exact) mass is 244 g/mol. The third-order valence-corrected chi connectivity index (χ3v) is 3.31. The number of rotatable bonds is 0. The third-order valence-electron chi connectivity index (χ3n) is 3.31. The fraction of sp³-hybridized carbons (Fsp3) is 0.0526. The Morgan fingerprint density at radius 3 is 1.79 bits per heavy atom. The second kappa shape index (κ2) is 5.53.